The van der Waals surface area contributed by atoms with Gasteiger partial charge in [0.15, 0.2) is 18.5 Å². The molecule has 0 amide bonds. The molecule has 3 heterocycles. The SMILES string of the molecule is C/C(=C\Cn1c[n+](C)c2ncnc(N)c21)CC[C@]1(C)[C@H](C)CC[C@@]2(C)C(COC(=O)c3cc(Br)c[nH]3)=CCC[C@@H]12. The lowest BCUT2D eigenvalue weighted by Crippen LogP contribution is -2.50. The average molecular weight is 611 g/mol. The number of H-pyrrole nitrogens is 1. The molecular formula is C31H42BrN6O2+. The van der Waals surface area contributed by atoms with Crippen LogP contribution >= 0.6 is 15.9 Å². The summed E-state index contributed by atoms with van der Waals surface area (Å²) in [5, 5.41) is 0. The van der Waals surface area contributed by atoms with Crippen molar-refractivity contribution in [3.8, 4) is 0 Å². The molecule has 5 rings (SSSR count). The third-order valence-electron chi connectivity index (χ3n) is 10.1. The Morgan fingerprint density at radius 2 is 2.15 bits per heavy atom. The van der Waals surface area contributed by atoms with E-state index in [0.29, 0.717) is 30.0 Å². The van der Waals surface area contributed by atoms with Crippen molar-refractivity contribution < 1.29 is 14.1 Å². The Balaban J connectivity index is 1.27. The molecule has 0 unspecified atom stereocenters. The van der Waals surface area contributed by atoms with Gasteiger partial charge in [-0.05, 0) is 95.7 Å². The minimum atomic E-state index is -0.303. The molecule has 1 saturated carbocycles. The van der Waals surface area contributed by atoms with Gasteiger partial charge >= 0.3 is 11.6 Å². The topological polar surface area (TPSA) is 103 Å². The molecule has 40 heavy (non-hydrogen) atoms. The molecule has 4 atom stereocenters. The molecule has 0 radical (unpaired) electrons. The standard InChI is InChI=1S/C31H41BrN6O2/c1-20(11-14-38-19-37(5)28-26(38)27(33)35-18-36-28)9-12-30(3)21(2)10-13-31(4)22(7-6-8-25(30)31)17-40-29(39)24-15-23(32)16-34-24/h7,11,15-16,18-19,21,25H,6,8-10,12-14,17H2,1-5H3,(H2-,33,34,35,36,39)/p+1/b20-11+/t21-,25+,30-,31+/m1/s1. The Labute approximate surface area is 245 Å². The maximum Gasteiger partial charge on any atom is 0.355 e. The number of nitrogens with zero attached hydrogens (tertiary/aromatic N) is 4. The maximum atomic E-state index is 12.7. The number of halogens is 1. The minimum Gasteiger partial charge on any atom is -0.456 e. The molecular weight excluding hydrogens is 568 g/mol. The van der Waals surface area contributed by atoms with Gasteiger partial charge in [-0.2, -0.15) is 4.98 Å². The van der Waals surface area contributed by atoms with Gasteiger partial charge in [-0.15, -0.1) is 0 Å². The van der Waals surface area contributed by atoms with E-state index in [1.54, 1.807) is 12.3 Å². The predicted octanol–water partition coefficient (Wildman–Crippen LogP) is 6.29. The first kappa shape index (κ1) is 28.6. The second-order valence-corrected chi connectivity index (χ2v) is 13.3. The summed E-state index contributed by atoms with van der Waals surface area (Å²) in [6.07, 6.45) is 16.7. The number of fused-ring (bicyclic) bond motifs is 2. The number of ether oxygens (including phenoxy) is 1. The molecule has 3 aromatic heterocycles. The molecule has 2 aliphatic rings. The second kappa shape index (κ2) is 11.1. The summed E-state index contributed by atoms with van der Waals surface area (Å²) in [5.41, 5.74) is 11.3. The number of rotatable bonds is 8. The highest BCUT2D eigenvalue weighted by molar-refractivity contribution is 9.10. The van der Waals surface area contributed by atoms with Gasteiger partial charge in [0.2, 0.25) is 5.52 Å². The van der Waals surface area contributed by atoms with E-state index in [4.69, 9.17) is 10.5 Å². The van der Waals surface area contributed by atoms with Gasteiger partial charge in [-0.1, -0.05) is 43.5 Å². The highest BCUT2D eigenvalue weighted by Gasteiger charge is 2.53. The zero-order valence-corrected chi connectivity index (χ0v) is 25.9. The smallest absolute Gasteiger partial charge is 0.355 e. The van der Waals surface area contributed by atoms with Crippen LogP contribution in [0.5, 0.6) is 0 Å². The van der Waals surface area contributed by atoms with Crippen LogP contribution in [0.15, 0.2) is 52.7 Å². The number of allylic oxidation sites excluding steroid dienone is 3. The van der Waals surface area contributed by atoms with Crippen LogP contribution in [-0.2, 0) is 18.3 Å². The molecule has 0 bridgehead atoms. The number of carbonyl (C=O) groups excluding carboxylic acids is 1. The number of aromatic nitrogens is 5. The normalized spacial score (nSPS) is 26.9. The van der Waals surface area contributed by atoms with Crippen molar-refractivity contribution in [2.24, 2.45) is 29.7 Å². The van der Waals surface area contributed by atoms with Gasteiger partial charge in [0.1, 0.15) is 12.3 Å². The predicted molar refractivity (Wildman–Crippen MR) is 160 cm³/mol. The molecule has 0 saturated heterocycles. The summed E-state index contributed by atoms with van der Waals surface area (Å²) < 4.78 is 10.8. The quantitative estimate of drug-likeness (QED) is 0.177. The lowest BCUT2D eigenvalue weighted by molar-refractivity contribution is -0.647. The minimum absolute atomic E-state index is 0.0457. The van der Waals surface area contributed by atoms with Crippen molar-refractivity contribution in [3.05, 3.63) is 58.4 Å². The summed E-state index contributed by atoms with van der Waals surface area (Å²) in [5.74, 6) is 1.40. The summed E-state index contributed by atoms with van der Waals surface area (Å²) in [7, 11) is 1.98. The van der Waals surface area contributed by atoms with Gasteiger partial charge < -0.3 is 15.5 Å². The summed E-state index contributed by atoms with van der Waals surface area (Å²) in [4.78, 5) is 24.2. The Kier molecular flexibility index (Phi) is 7.97. The summed E-state index contributed by atoms with van der Waals surface area (Å²) in [6, 6.07) is 1.76. The van der Waals surface area contributed by atoms with Crippen LogP contribution in [-0.4, -0.2) is 32.1 Å². The van der Waals surface area contributed by atoms with Crippen molar-refractivity contribution >= 4 is 38.9 Å². The summed E-state index contributed by atoms with van der Waals surface area (Å²) in [6.45, 7) is 10.7. The molecule has 1 fully saturated rings. The largest absolute Gasteiger partial charge is 0.456 e. The fourth-order valence-electron chi connectivity index (χ4n) is 7.33. The van der Waals surface area contributed by atoms with Gasteiger partial charge in [-0.25, -0.2) is 9.36 Å². The number of hydrogen-bond acceptors (Lipinski definition) is 5. The Hall–Kier alpha value is -2.94. The highest BCUT2D eigenvalue weighted by Crippen LogP contribution is 2.62. The van der Waals surface area contributed by atoms with Gasteiger partial charge in [0.25, 0.3) is 0 Å². The Morgan fingerprint density at radius 3 is 2.90 bits per heavy atom. The Morgan fingerprint density at radius 1 is 1.35 bits per heavy atom. The number of imidazole rings is 1. The van der Waals surface area contributed by atoms with E-state index in [0.717, 1.165) is 47.9 Å². The molecule has 2 aliphatic carbocycles. The molecule has 8 nitrogen and oxygen atoms in total. The fourth-order valence-corrected chi connectivity index (χ4v) is 7.68. The van der Waals surface area contributed by atoms with E-state index in [1.807, 2.05) is 17.9 Å². The van der Waals surface area contributed by atoms with E-state index in [9.17, 15) is 4.79 Å². The van der Waals surface area contributed by atoms with Gasteiger partial charge in [0.05, 0.1) is 13.6 Å². The number of nitrogens with two attached hydrogens (primary N) is 1. The maximum absolute atomic E-state index is 12.7. The van der Waals surface area contributed by atoms with Crippen LogP contribution in [0, 0.1) is 22.7 Å². The molecule has 3 N–H and O–H groups in total. The first-order valence-electron chi connectivity index (χ1n) is 14.3. The van der Waals surface area contributed by atoms with Crippen molar-refractivity contribution in [3.63, 3.8) is 0 Å². The Bertz CT molecular complexity index is 1470. The zero-order valence-electron chi connectivity index (χ0n) is 24.3. The molecule has 214 valence electrons. The van der Waals surface area contributed by atoms with Crippen molar-refractivity contribution in [2.75, 3.05) is 12.3 Å². The number of esters is 1. The third-order valence-corrected chi connectivity index (χ3v) is 10.5. The van der Waals surface area contributed by atoms with Gasteiger partial charge in [-0.3, -0.25) is 4.57 Å². The van der Waals surface area contributed by atoms with Crippen LogP contribution < -0.4 is 10.3 Å². The molecule has 0 aliphatic heterocycles. The number of nitrogens with one attached hydrogen (secondary N) is 1. The second-order valence-electron chi connectivity index (χ2n) is 12.4. The fraction of sp³-hybridized carbons (Fsp3) is 0.548. The van der Waals surface area contributed by atoms with Crippen LogP contribution in [0.25, 0.3) is 11.2 Å². The average Bonchev–Trinajstić information content (AvgIpc) is 3.51. The first-order chi connectivity index (χ1) is 19.0. The van der Waals surface area contributed by atoms with Crippen LogP contribution in [0.3, 0.4) is 0 Å². The van der Waals surface area contributed by atoms with E-state index >= 15 is 0 Å². The number of aryl methyl sites for hydroxylation is 1. The zero-order chi connectivity index (χ0) is 28.7. The van der Waals surface area contributed by atoms with Crippen LogP contribution in [0.4, 0.5) is 5.82 Å². The number of nitrogen functional groups attached to an aromatic ring is 1. The third kappa shape index (κ3) is 5.24. The first-order valence-corrected chi connectivity index (χ1v) is 15.1. The molecule has 0 spiro atoms. The summed E-state index contributed by atoms with van der Waals surface area (Å²) >= 11 is 3.39. The monoisotopic (exact) mass is 609 g/mol. The van der Waals surface area contributed by atoms with Crippen molar-refractivity contribution in [2.45, 2.75) is 72.8 Å². The lowest BCUT2D eigenvalue weighted by Gasteiger charge is -2.58. The van der Waals surface area contributed by atoms with E-state index in [1.165, 1.54) is 30.3 Å². The number of anilines is 1. The molecule has 9 heteroatoms. The van der Waals surface area contributed by atoms with E-state index in [-0.39, 0.29) is 16.8 Å². The number of aromatic amines is 1. The number of carbonyl (C=O) groups is 1. The van der Waals surface area contributed by atoms with E-state index < -0.39 is 0 Å². The highest BCUT2D eigenvalue weighted by atomic mass is 79.9. The lowest BCUT2D eigenvalue weighted by atomic mass is 9.47. The van der Waals surface area contributed by atoms with Crippen molar-refractivity contribution in [1.29, 1.82) is 0 Å². The molecule has 3 aromatic rings. The van der Waals surface area contributed by atoms with Crippen LogP contribution in [0.2, 0.25) is 0 Å². The van der Waals surface area contributed by atoms with Crippen molar-refractivity contribution in [1.82, 2.24) is 19.5 Å². The van der Waals surface area contributed by atoms with Crippen LogP contribution in [0.1, 0.15) is 76.7 Å². The molecule has 0 aromatic carbocycles. The van der Waals surface area contributed by atoms with Gasteiger partial charge in [0, 0.05) is 10.7 Å². The van der Waals surface area contributed by atoms with E-state index in [2.05, 4.69) is 75.3 Å². The number of hydrogen-bond donors (Lipinski definition) is 2.